The molecule has 4 rings (SSSR count). The van der Waals surface area contributed by atoms with E-state index in [2.05, 4.69) is 10.2 Å². The number of ether oxygens (including phenoxy) is 1. The van der Waals surface area contributed by atoms with E-state index in [1.54, 1.807) is 7.05 Å². The zero-order chi connectivity index (χ0) is 25.9. The molecule has 8 heteroatoms. The standard InChI is InChI=1S/C21H31F2N3O2.C7H7Cl/c1-24-15-21(27)26-9-5-16(6-10-26)17-13-18(22)19(23)14-20(17)28-12-11-25-7-3-2-4-8-25;1-6-2-4-7(8)5-3-6/h13-14,16,24H,2-12,15H2,1H3;2-5H,1H3. The van der Waals surface area contributed by atoms with Crippen LogP contribution in [0.25, 0.3) is 0 Å². The van der Waals surface area contributed by atoms with Gasteiger partial charge in [-0.3, -0.25) is 9.69 Å². The third-order valence-corrected chi connectivity index (χ3v) is 7.04. The van der Waals surface area contributed by atoms with Crippen molar-refractivity contribution in [3.8, 4) is 5.75 Å². The summed E-state index contributed by atoms with van der Waals surface area (Å²) in [6.07, 6.45) is 5.15. The number of rotatable bonds is 7. The molecule has 0 radical (unpaired) electrons. The summed E-state index contributed by atoms with van der Waals surface area (Å²) in [5.41, 5.74) is 1.97. The number of piperidine rings is 2. The van der Waals surface area contributed by atoms with E-state index < -0.39 is 11.6 Å². The summed E-state index contributed by atoms with van der Waals surface area (Å²) in [7, 11) is 1.75. The summed E-state index contributed by atoms with van der Waals surface area (Å²) in [5, 5.41) is 3.68. The number of likely N-dealkylation sites (N-methyl/N-ethyl adjacent to an activating group) is 1. The molecule has 5 nitrogen and oxygen atoms in total. The van der Waals surface area contributed by atoms with Crippen molar-refractivity contribution in [2.75, 3.05) is 52.9 Å². The van der Waals surface area contributed by atoms with Gasteiger partial charge in [-0.25, -0.2) is 8.78 Å². The Morgan fingerprint density at radius 2 is 1.67 bits per heavy atom. The molecule has 0 saturated carbocycles. The first-order chi connectivity index (χ1) is 17.4. The summed E-state index contributed by atoms with van der Waals surface area (Å²) < 4.78 is 33.7. The second kappa shape index (κ2) is 14.5. The van der Waals surface area contributed by atoms with E-state index in [1.807, 2.05) is 36.1 Å². The molecule has 36 heavy (non-hydrogen) atoms. The lowest BCUT2D eigenvalue weighted by Crippen LogP contribution is -2.42. The molecule has 2 aliphatic heterocycles. The zero-order valence-electron chi connectivity index (χ0n) is 21.4. The van der Waals surface area contributed by atoms with Crippen LogP contribution in [0.5, 0.6) is 5.75 Å². The first-order valence-electron chi connectivity index (χ1n) is 12.9. The van der Waals surface area contributed by atoms with Crippen molar-refractivity contribution in [3.05, 3.63) is 64.2 Å². The summed E-state index contributed by atoms with van der Waals surface area (Å²) in [5.74, 6) is -1.13. The molecule has 0 bridgehead atoms. The molecule has 198 valence electrons. The van der Waals surface area contributed by atoms with E-state index in [9.17, 15) is 13.6 Å². The Balaban J connectivity index is 0.000000383. The van der Waals surface area contributed by atoms with Crippen molar-refractivity contribution in [3.63, 3.8) is 0 Å². The quantitative estimate of drug-likeness (QED) is 0.529. The number of amides is 1. The van der Waals surface area contributed by atoms with Crippen molar-refractivity contribution in [2.45, 2.75) is 44.9 Å². The topological polar surface area (TPSA) is 44.8 Å². The fourth-order valence-electron chi connectivity index (χ4n) is 4.69. The average molecular weight is 522 g/mol. The maximum atomic E-state index is 13.9. The SMILES string of the molecule is CNCC(=O)N1CCC(c2cc(F)c(F)cc2OCCN2CCCCC2)CC1.Cc1ccc(Cl)cc1. The van der Waals surface area contributed by atoms with Crippen molar-refractivity contribution in [2.24, 2.45) is 0 Å². The molecular weight excluding hydrogens is 484 g/mol. The minimum Gasteiger partial charge on any atom is -0.492 e. The lowest BCUT2D eigenvalue weighted by atomic mass is 9.88. The van der Waals surface area contributed by atoms with Gasteiger partial charge < -0.3 is 15.0 Å². The average Bonchev–Trinajstić information content (AvgIpc) is 2.89. The molecule has 0 aromatic heterocycles. The number of hydrogen-bond donors (Lipinski definition) is 1. The van der Waals surface area contributed by atoms with Gasteiger partial charge in [0.1, 0.15) is 12.4 Å². The summed E-state index contributed by atoms with van der Waals surface area (Å²) in [6, 6.07) is 10.2. The van der Waals surface area contributed by atoms with E-state index in [4.69, 9.17) is 16.3 Å². The molecule has 1 amide bonds. The molecule has 2 aromatic carbocycles. The highest BCUT2D eigenvalue weighted by molar-refractivity contribution is 6.30. The molecule has 0 aliphatic carbocycles. The van der Waals surface area contributed by atoms with Crippen LogP contribution in [-0.2, 0) is 4.79 Å². The van der Waals surface area contributed by atoms with Crippen LogP contribution >= 0.6 is 11.6 Å². The van der Waals surface area contributed by atoms with Gasteiger partial charge in [-0.1, -0.05) is 35.7 Å². The number of nitrogens with zero attached hydrogens (tertiary/aromatic N) is 2. The van der Waals surface area contributed by atoms with Crippen LogP contribution in [0.1, 0.15) is 49.1 Å². The van der Waals surface area contributed by atoms with Crippen LogP contribution in [0.2, 0.25) is 5.02 Å². The molecule has 1 N–H and O–H groups in total. The van der Waals surface area contributed by atoms with Crippen LogP contribution in [0.15, 0.2) is 36.4 Å². The first-order valence-corrected chi connectivity index (χ1v) is 13.2. The van der Waals surface area contributed by atoms with Gasteiger partial charge in [-0.15, -0.1) is 0 Å². The van der Waals surface area contributed by atoms with Crippen molar-refractivity contribution >= 4 is 17.5 Å². The lowest BCUT2D eigenvalue weighted by Gasteiger charge is -2.33. The fourth-order valence-corrected chi connectivity index (χ4v) is 4.82. The Morgan fingerprint density at radius 3 is 2.28 bits per heavy atom. The van der Waals surface area contributed by atoms with E-state index in [0.717, 1.165) is 43.1 Å². The lowest BCUT2D eigenvalue weighted by molar-refractivity contribution is -0.131. The smallest absolute Gasteiger partial charge is 0.236 e. The Labute approximate surface area is 218 Å². The summed E-state index contributed by atoms with van der Waals surface area (Å²) >= 11 is 5.61. The minimum absolute atomic E-state index is 0.0683. The monoisotopic (exact) mass is 521 g/mol. The van der Waals surface area contributed by atoms with Crippen LogP contribution in [0.3, 0.4) is 0 Å². The van der Waals surface area contributed by atoms with Gasteiger partial charge in [-0.05, 0) is 76.9 Å². The molecule has 0 spiro atoms. The Hall–Kier alpha value is -2.22. The Morgan fingerprint density at radius 1 is 1.03 bits per heavy atom. The normalized spacial score (nSPS) is 16.9. The largest absolute Gasteiger partial charge is 0.492 e. The van der Waals surface area contributed by atoms with Gasteiger partial charge >= 0.3 is 0 Å². The van der Waals surface area contributed by atoms with Crippen LogP contribution in [0.4, 0.5) is 8.78 Å². The Bertz CT molecular complexity index is 939. The van der Waals surface area contributed by atoms with Gasteiger partial charge in [0.2, 0.25) is 5.91 Å². The number of nitrogens with one attached hydrogen (secondary N) is 1. The maximum absolute atomic E-state index is 13.9. The molecule has 2 saturated heterocycles. The number of likely N-dealkylation sites (tertiary alicyclic amines) is 2. The van der Waals surface area contributed by atoms with Gasteiger partial charge in [-0.2, -0.15) is 0 Å². The fraction of sp³-hybridized carbons (Fsp3) is 0.536. The molecule has 0 atom stereocenters. The summed E-state index contributed by atoms with van der Waals surface area (Å²) in [4.78, 5) is 16.2. The Kier molecular flexibility index (Phi) is 11.4. The number of aryl methyl sites for hydroxylation is 1. The van der Waals surface area contributed by atoms with E-state index >= 15 is 0 Å². The third-order valence-electron chi connectivity index (χ3n) is 6.79. The molecule has 2 aliphatic rings. The van der Waals surface area contributed by atoms with Crippen LogP contribution < -0.4 is 10.1 Å². The number of carbonyl (C=O) groups excluding carboxylic acids is 1. The zero-order valence-corrected chi connectivity index (χ0v) is 22.1. The van der Waals surface area contributed by atoms with Gasteiger partial charge in [0.15, 0.2) is 11.6 Å². The summed E-state index contributed by atoms with van der Waals surface area (Å²) in [6.45, 7) is 7.03. The van der Waals surface area contributed by atoms with Gasteiger partial charge in [0, 0.05) is 36.3 Å². The molecular formula is C28H38ClF2N3O2. The number of carbonyl (C=O) groups is 1. The van der Waals surface area contributed by atoms with Gasteiger partial charge in [0.25, 0.3) is 0 Å². The van der Waals surface area contributed by atoms with Crippen molar-refractivity contribution in [1.82, 2.24) is 15.1 Å². The predicted molar refractivity (Wildman–Crippen MR) is 141 cm³/mol. The number of halogens is 3. The highest BCUT2D eigenvalue weighted by Gasteiger charge is 2.27. The van der Waals surface area contributed by atoms with E-state index in [1.165, 1.54) is 37.0 Å². The van der Waals surface area contributed by atoms with E-state index in [0.29, 0.717) is 32.0 Å². The maximum Gasteiger partial charge on any atom is 0.236 e. The van der Waals surface area contributed by atoms with Crippen LogP contribution in [-0.4, -0.2) is 68.6 Å². The van der Waals surface area contributed by atoms with Crippen LogP contribution in [0, 0.1) is 18.6 Å². The van der Waals surface area contributed by atoms with E-state index in [-0.39, 0.29) is 11.8 Å². The van der Waals surface area contributed by atoms with Crippen molar-refractivity contribution in [1.29, 1.82) is 0 Å². The molecule has 0 unspecified atom stereocenters. The first kappa shape index (κ1) is 28.4. The predicted octanol–water partition coefficient (Wildman–Crippen LogP) is 5.40. The third kappa shape index (κ3) is 8.71. The van der Waals surface area contributed by atoms with Gasteiger partial charge in [0.05, 0.1) is 6.54 Å². The minimum atomic E-state index is -0.877. The highest BCUT2D eigenvalue weighted by Crippen LogP contribution is 2.36. The second-order valence-corrected chi connectivity index (χ2v) is 9.97. The molecule has 2 aromatic rings. The molecule has 2 fully saturated rings. The second-order valence-electron chi connectivity index (χ2n) is 9.54. The molecule has 2 heterocycles. The highest BCUT2D eigenvalue weighted by atomic mass is 35.5. The van der Waals surface area contributed by atoms with Crippen molar-refractivity contribution < 1.29 is 18.3 Å². The number of hydrogen-bond acceptors (Lipinski definition) is 4. The number of benzene rings is 2.